The number of pyridine rings is 2. The summed E-state index contributed by atoms with van der Waals surface area (Å²) in [5.74, 6) is 0.467. The maximum Gasteiger partial charge on any atom is 0.274 e. The average Bonchev–Trinajstić information content (AvgIpc) is 2.38. The van der Waals surface area contributed by atoms with Crippen LogP contribution in [0.3, 0.4) is 0 Å². The molecule has 0 fully saturated rings. The topological polar surface area (TPSA) is 81.0 Å². The summed E-state index contributed by atoms with van der Waals surface area (Å²) in [7, 11) is 0. The average molecular weight is 244 g/mol. The predicted molar refractivity (Wildman–Crippen MR) is 67.2 cm³/mol. The molecule has 2 aromatic heterocycles. The van der Waals surface area contributed by atoms with E-state index in [1.165, 1.54) is 18.3 Å². The molecule has 0 atom stereocenters. The van der Waals surface area contributed by atoms with E-state index in [-0.39, 0.29) is 5.69 Å². The Balaban J connectivity index is 2.09. The van der Waals surface area contributed by atoms with Crippen molar-refractivity contribution in [2.75, 3.05) is 5.32 Å². The lowest BCUT2D eigenvalue weighted by Crippen LogP contribution is -2.05. The minimum absolute atomic E-state index is 0.0187. The molecule has 6 nitrogen and oxygen atoms in total. The Hall–Kier alpha value is -2.50. The van der Waals surface area contributed by atoms with E-state index in [0.29, 0.717) is 12.4 Å². The van der Waals surface area contributed by atoms with Crippen molar-refractivity contribution in [3.05, 3.63) is 58.0 Å². The highest BCUT2D eigenvalue weighted by atomic mass is 16.6. The highest BCUT2D eigenvalue weighted by Crippen LogP contribution is 2.15. The standard InChI is InChI=1S/C12H12N4O2/c1-9-3-2-5-13-11(9)8-15-12-7-10(16(17)18)4-6-14-12/h2-7H,8H2,1H3,(H,14,15). The van der Waals surface area contributed by atoms with Crippen LogP contribution >= 0.6 is 0 Å². The zero-order valence-electron chi connectivity index (χ0n) is 9.83. The van der Waals surface area contributed by atoms with Gasteiger partial charge in [-0.3, -0.25) is 15.1 Å². The van der Waals surface area contributed by atoms with Crippen molar-refractivity contribution in [2.45, 2.75) is 13.5 Å². The smallest absolute Gasteiger partial charge is 0.274 e. The Kier molecular flexibility index (Phi) is 3.47. The molecule has 2 heterocycles. The Bertz CT molecular complexity index is 572. The Morgan fingerprint density at radius 3 is 2.89 bits per heavy atom. The fourth-order valence-electron chi connectivity index (χ4n) is 1.51. The Labute approximate surface area is 104 Å². The van der Waals surface area contributed by atoms with Gasteiger partial charge in [-0.2, -0.15) is 0 Å². The molecule has 0 unspecified atom stereocenters. The number of hydrogen-bond donors (Lipinski definition) is 1. The number of rotatable bonds is 4. The number of nitrogens with one attached hydrogen (secondary N) is 1. The van der Waals surface area contributed by atoms with Gasteiger partial charge in [0.2, 0.25) is 0 Å². The van der Waals surface area contributed by atoms with Crippen LogP contribution in [0.1, 0.15) is 11.3 Å². The van der Waals surface area contributed by atoms with Gasteiger partial charge >= 0.3 is 0 Å². The van der Waals surface area contributed by atoms with E-state index in [1.54, 1.807) is 6.20 Å². The first kappa shape index (κ1) is 12.0. The predicted octanol–water partition coefficient (Wildman–Crippen LogP) is 2.31. The van der Waals surface area contributed by atoms with Crippen molar-refractivity contribution < 1.29 is 4.92 Å². The first-order valence-electron chi connectivity index (χ1n) is 5.41. The van der Waals surface area contributed by atoms with Crippen LogP contribution in [-0.2, 0) is 6.54 Å². The molecule has 0 aliphatic rings. The van der Waals surface area contributed by atoms with Crippen LogP contribution in [0.2, 0.25) is 0 Å². The largest absolute Gasteiger partial charge is 0.364 e. The second-order valence-corrected chi connectivity index (χ2v) is 3.78. The van der Waals surface area contributed by atoms with Gasteiger partial charge in [-0.25, -0.2) is 4.98 Å². The first-order chi connectivity index (χ1) is 8.66. The number of nitrogens with zero attached hydrogens (tertiary/aromatic N) is 3. The van der Waals surface area contributed by atoms with Gasteiger partial charge in [-0.1, -0.05) is 6.07 Å². The van der Waals surface area contributed by atoms with Gasteiger partial charge in [0, 0.05) is 18.5 Å². The van der Waals surface area contributed by atoms with Gasteiger partial charge in [0.1, 0.15) is 5.82 Å². The van der Waals surface area contributed by atoms with Crippen LogP contribution in [0.25, 0.3) is 0 Å². The molecular formula is C12H12N4O2. The zero-order chi connectivity index (χ0) is 13.0. The molecule has 0 saturated heterocycles. The van der Waals surface area contributed by atoms with Crippen molar-refractivity contribution >= 4 is 11.5 Å². The highest BCUT2D eigenvalue weighted by molar-refractivity contribution is 5.44. The van der Waals surface area contributed by atoms with Gasteiger partial charge in [-0.15, -0.1) is 0 Å². The third kappa shape index (κ3) is 2.79. The summed E-state index contributed by atoms with van der Waals surface area (Å²) in [6.45, 7) is 2.45. The molecule has 2 aromatic rings. The van der Waals surface area contributed by atoms with Crippen LogP contribution in [0.5, 0.6) is 0 Å². The molecular weight excluding hydrogens is 232 g/mol. The van der Waals surface area contributed by atoms with Gasteiger partial charge in [0.25, 0.3) is 5.69 Å². The lowest BCUT2D eigenvalue weighted by Gasteiger charge is -2.06. The maximum absolute atomic E-state index is 10.6. The monoisotopic (exact) mass is 244 g/mol. The molecule has 0 spiro atoms. The summed E-state index contributed by atoms with van der Waals surface area (Å²) in [5, 5.41) is 13.6. The second-order valence-electron chi connectivity index (χ2n) is 3.78. The molecule has 0 bridgehead atoms. The summed E-state index contributed by atoms with van der Waals surface area (Å²) in [4.78, 5) is 18.4. The van der Waals surface area contributed by atoms with Crippen LogP contribution in [0.4, 0.5) is 11.5 Å². The third-order valence-corrected chi connectivity index (χ3v) is 2.51. The van der Waals surface area contributed by atoms with E-state index in [1.807, 2.05) is 19.1 Å². The molecule has 0 aliphatic heterocycles. The number of nitro groups is 1. The molecule has 0 aliphatic carbocycles. The maximum atomic E-state index is 10.6. The van der Waals surface area contributed by atoms with Crippen molar-refractivity contribution in [3.63, 3.8) is 0 Å². The van der Waals surface area contributed by atoms with E-state index >= 15 is 0 Å². The van der Waals surface area contributed by atoms with Crippen LogP contribution < -0.4 is 5.32 Å². The first-order valence-corrected chi connectivity index (χ1v) is 5.41. The normalized spacial score (nSPS) is 10.1. The Morgan fingerprint density at radius 2 is 2.17 bits per heavy atom. The third-order valence-electron chi connectivity index (χ3n) is 2.51. The SMILES string of the molecule is Cc1cccnc1CNc1cc([N+](=O)[O-])ccn1. The lowest BCUT2D eigenvalue weighted by atomic mass is 10.2. The Morgan fingerprint density at radius 1 is 1.33 bits per heavy atom. The summed E-state index contributed by atoms with van der Waals surface area (Å²) in [6.07, 6.45) is 3.12. The van der Waals surface area contributed by atoms with E-state index in [0.717, 1.165) is 11.3 Å². The molecule has 2 rings (SSSR count). The van der Waals surface area contributed by atoms with Gasteiger partial charge in [0.05, 0.1) is 23.2 Å². The summed E-state index contributed by atoms with van der Waals surface area (Å²) in [5.41, 5.74) is 1.98. The number of hydrogen-bond acceptors (Lipinski definition) is 5. The summed E-state index contributed by atoms with van der Waals surface area (Å²) in [6, 6.07) is 6.59. The quantitative estimate of drug-likeness (QED) is 0.659. The summed E-state index contributed by atoms with van der Waals surface area (Å²) < 4.78 is 0. The van der Waals surface area contributed by atoms with Crippen LogP contribution in [0.15, 0.2) is 36.7 Å². The fourth-order valence-corrected chi connectivity index (χ4v) is 1.51. The molecule has 18 heavy (non-hydrogen) atoms. The minimum Gasteiger partial charge on any atom is -0.364 e. The van der Waals surface area contributed by atoms with Crippen molar-refractivity contribution in [1.82, 2.24) is 9.97 Å². The van der Waals surface area contributed by atoms with E-state index in [4.69, 9.17) is 0 Å². The van der Waals surface area contributed by atoms with Crippen LogP contribution in [-0.4, -0.2) is 14.9 Å². The fraction of sp³-hybridized carbons (Fsp3) is 0.167. The lowest BCUT2D eigenvalue weighted by molar-refractivity contribution is -0.384. The molecule has 6 heteroatoms. The molecule has 1 N–H and O–H groups in total. The molecule has 0 amide bonds. The minimum atomic E-state index is -0.446. The van der Waals surface area contributed by atoms with E-state index in [2.05, 4.69) is 15.3 Å². The summed E-state index contributed by atoms with van der Waals surface area (Å²) >= 11 is 0. The molecule has 0 radical (unpaired) electrons. The van der Waals surface area contributed by atoms with Crippen molar-refractivity contribution in [3.8, 4) is 0 Å². The molecule has 0 saturated carbocycles. The van der Waals surface area contributed by atoms with E-state index < -0.39 is 4.92 Å². The van der Waals surface area contributed by atoms with Crippen molar-refractivity contribution in [1.29, 1.82) is 0 Å². The second kappa shape index (κ2) is 5.22. The number of anilines is 1. The number of aryl methyl sites for hydroxylation is 1. The zero-order valence-corrected chi connectivity index (χ0v) is 9.83. The van der Waals surface area contributed by atoms with E-state index in [9.17, 15) is 10.1 Å². The number of aromatic nitrogens is 2. The van der Waals surface area contributed by atoms with Gasteiger partial charge in [0.15, 0.2) is 0 Å². The van der Waals surface area contributed by atoms with Crippen LogP contribution in [0, 0.1) is 17.0 Å². The highest BCUT2D eigenvalue weighted by Gasteiger charge is 2.06. The van der Waals surface area contributed by atoms with Crippen molar-refractivity contribution in [2.24, 2.45) is 0 Å². The molecule has 92 valence electrons. The van der Waals surface area contributed by atoms with Gasteiger partial charge in [-0.05, 0) is 18.6 Å². The van der Waals surface area contributed by atoms with Gasteiger partial charge < -0.3 is 5.32 Å². The molecule has 0 aromatic carbocycles.